The van der Waals surface area contributed by atoms with E-state index in [2.05, 4.69) is 31.0 Å². The quantitative estimate of drug-likeness (QED) is 0.843. The van der Waals surface area contributed by atoms with Gasteiger partial charge in [-0.15, -0.1) is 0 Å². The molecule has 1 fully saturated rings. The highest BCUT2D eigenvalue weighted by Gasteiger charge is 2.57. The third-order valence-corrected chi connectivity index (χ3v) is 3.89. The van der Waals surface area contributed by atoms with Gasteiger partial charge in [-0.1, -0.05) is 19.9 Å². The van der Waals surface area contributed by atoms with Gasteiger partial charge in [0.25, 0.3) is 0 Å². The molecule has 1 saturated carbocycles. The first-order valence-corrected chi connectivity index (χ1v) is 5.82. The molecule has 1 aliphatic rings. The molecule has 88 valence electrons. The Morgan fingerprint density at radius 1 is 1.38 bits per heavy atom. The maximum atomic E-state index is 5.79. The third-order valence-electron chi connectivity index (χ3n) is 3.89. The minimum atomic E-state index is 0.343. The molecule has 1 aliphatic carbocycles. The van der Waals surface area contributed by atoms with Crippen LogP contribution in [0.1, 0.15) is 25.3 Å². The summed E-state index contributed by atoms with van der Waals surface area (Å²) in [6.45, 7) is 5.34. The van der Waals surface area contributed by atoms with Crippen LogP contribution in [0, 0.1) is 11.3 Å². The summed E-state index contributed by atoms with van der Waals surface area (Å²) in [5.41, 5.74) is 7.46. The fourth-order valence-electron chi connectivity index (χ4n) is 2.69. The summed E-state index contributed by atoms with van der Waals surface area (Å²) in [5.74, 6) is 2.20. The molecule has 0 aliphatic heterocycles. The van der Waals surface area contributed by atoms with Gasteiger partial charge >= 0.3 is 0 Å². The van der Waals surface area contributed by atoms with Gasteiger partial charge in [-0.25, -0.2) is 4.98 Å². The number of rotatable bonds is 3. The lowest BCUT2D eigenvalue weighted by molar-refractivity contribution is 0.558. The van der Waals surface area contributed by atoms with Crippen LogP contribution in [-0.2, 0) is 0 Å². The second-order valence-electron chi connectivity index (χ2n) is 5.49. The molecule has 3 heteroatoms. The van der Waals surface area contributed by atoms with Crippen molar-refractivity contribution in [3.63, 3.8) is 0 Å². The number of aromatic nitrogens is 1. The number of anilines is 1. The normalized spacial score (nSPS) is 26.6. The second kappa shape index (κ2) is 3.74. The molecule has 0 saturated heterocycles. The summed E-state index contributed by atoms with van der Waals surface area (Å²) < 4.78 is 0. The molecule has 0 spiro atoms. The van der Waals surface area contributed by atoms with Crippen molar-refractivity contribution in [1.29, 1.82) is 0 Å². The SMILES string of the molecule is CN(C)c1ccc([C@@H]2[C@@H](CN)C2(C)C)cn1. The van der Waals surface area contributed by atoms with Crippen LogP contribution >= 0.6 is 0 Å². The van der Waals surface area contributed by atoms with Crippen LogP contribution in [0.15, 0.2) is 18.3 Å². The van der Waals surface area contributed by atoms with Crippen LogP contribution in [0.5, 0.6) is 0 Å². The van der Waals surface area contributed by atoms with E-state index in [1.165, 1.54) is 5.56 Å². The van der Waals surface area contributed by atoms with E-state index in [0.717, 1.165) is 12.4 Å². The van der Waals surface area contributed by atoms with E-state index >= 15 is 0 Å². The first-order valence-electron chi connectivity index (χ1n) is 5.82. The molecule has 0 radical (unpaired) electrons. The summed E-state index contributed by atoms with van der Waals surface area (Å²) in [6, 6.07) is 4.27. The molecule has 1 heterocycles. The van der Waals surface area contributed by atoms with Crippen LogP contribution in [0.2, 0.25) is 0 Å². The predicted molar refractivity (Wildman–Crippen MR) is 67.6 cm³/mol. The van der Waals surface area contributed by atoms with E-state index in [-0.39, 0.29) is 0 Å². The highest BCUT2D eigenvalue weighted by atomic mass is 15.1. The van der Waals surface area contributed by atoms with Crippen LogP contribution in [0.3, 0.4) is 0 Å². The second-order valence-corrected chi connectivity index (χ2v) is 5.49. The Balaban J connectivity index is 2.18. The van der Waals surface area contributed by atoms with E-state index in [4.69, 9.17) is 5.73 Å². The van der Waals surface area contributed by atoms with Gasteiger partial charge in [0.15, 0.2) is 0 Å². The topological polar surface area (TPSA) is 42.1 Å². The zero-order valence-corrected chi connectivity index (χ0v) is 10.6. The Morgan fingerprint density at radius 3 is 2.44 bits per heavy atom. The van der Waals surface area contributed by atoms with Gasteiger partial charge in [0, 0.05) is 20.3 Å². The van der Waals surface area contributed by atoms with E-state index in [1.54, 1.807) is 0 Å². The van der Waals surface area contributed by atoms with Crippen molar-refractivity contribution in [2.24, 2.45) is 17.1 Å². The van der Waals surface area contributed by atoms with E-state index in [1.807, 2.05) is 25.2 Å². The average molecular weight is 219 g/mol. The van der Waals surface area contributed by atoms with Crippen molar-refractivity contribution in [1.82, 2.24) is 4.98 Å². The Morgan fingerprint density at radius 2 is 2.06 bits per heavy atom. The highest BCUT2D eigenvalue weighted by Crippen LogP contribution is 2.63. The first kappa shape index (κ1) is 11.4. The molecule has 1 aromatic heterocycles. The van der Waals surface area contributed by atoms with Crippen molar-refractivity contribution in [3.8, 4) is 0 Å². The van der Waals surface area contributed by atoms with Crippen molar-refractivity contribution < 1.29 is 0 Å². The minimum Gasteiger partial charge on any atom is -0.363 e. The molecule has 2 atom stereocenters. The van der Waals surface area contributed by atoms with E-state index < -0.39 is 0 Å². The summed E-state index contributed by atoms with van der Waals surface area (Å²) in [5, 5.41) is 0. The van der Waals surface area contributed by atoms with Gasteiger partial charge in [-0.2, -0.15) is 0 Å². The van der Waals surface area contributed by atoms with Crippen molar-refractivity contribution >= 4 is 5.82 Å². The molecule has 0 bridgehead atoms. The smallest absolute Gasteiger partial charge is 0.127 e. The molecule has 16 heavy (non-hydrogen) atoms. The van der Waals surface area contributed by atoms with Crippen molar-refractivity contribution in [2.45, 2.75) is 19.8 Å². The molecule has 2 N–H and O–H groups in total. The monoisotopic (exact) mass is 219 g/mol. The standard InChI is InChI=1S/C13H21N3/c1-13(2)10(7-14)12(13)9-5-6-11(15-8-9)16(3)4/h5-6,8,10,12H,7,14H2,1-4H3/t10-,12-/m1/s1. The third kappa shape index (κ3) is 1.69. The maximum absolute atomic E-state index is 5.79. The number of nitrogens with zero attached hydrogens (tertiary/aromatic N) is 2. The fourth-order valence-corrected chi connectivity index (χ4v) is 2.69. The van der Waals surface area contributed by atoms with Gasteiger partial charge in [0.2, 0.25) is 0 Å². The Labute approximate surface area is 97.7 Å². The fraction of sp³-hybridized carbons (Fsp3) is 0.615. The van der Waals surface area contributed by atoms with Crippen LogP contribution in [0.4, 0.5) is 5.82 Å². The zero-order valence-electron chi connectivity index (χ0n) is 10.6. The van der Waals surface area contributed by atoms with Crippen LogP contribution < -0.4 is 10.6 Å². The molecule has 0 aromatic carbocycles. The molecule has 3 nitrogen and oxygen atoms in total. The summed E-state index contributed by atoms with van der Waals surface area (Å²) in [6.07, 6.45) is 2.00. The van der Waals surface area contributed by atoms with Gasteiger partial charge in [-0.3, -0.25) is 0 Å². The van der Waals surface area contributed by atoms with E-state index in [9.17, 15) is 0 Å². The lowest BCUT2D eigenvalue weighted by Crippen LogP contribution is -2.10. The number of hydrogen-bond acceptors (Lipinski definition) is 3. The minimum absolute atomic E-state index is 0.343. The Hall–Kier alpha value is -1.09. The summed E-state index contributed by atoms with van der Waals surface area (Å²) in [4.78, 5) is 6.47. The molecule has 0 amide bonds. The first-order chi connectivity index (χ1) is 7.48. The Bertz CT molecular complexity index is 367. The lowest BCUT2D eigenvalue weighted by atomic mass is 10.0. The number of pyridine rings is 1. The maximum Gasteiger partial charge on any atom is 0.127 e. The molecule has 1 aromatic rings. The molecular weight excluding hydrogens is 198 g/mol. The van der Waals surface area contributed by atoms with Crippen LogP contribution in [-0.4, -0.2) is 25.6 Å². The van der Waals surface area contributed by atoms with Crippen molar-refractivity contribution in [3.05, 3.63) is 23.9 Å². The van der Waals surface area contributed by atoms with Gasteiger partial charge in [-0.05, 0) is 35.4 Å². The zero-order chi connectivity index (χ0) is 11.9. The average Bonchev–Trinajstić information content (AvgIpc) is 2.80. The van der Waals surface area contributed by atoms with Gasteiger partial charge < -0.3 is 10.6 Å². The largest absolute Gasteiger partial charge is 0.363 e. The number of nitrogens with two attached hydrogens (primary N) is 1. The van der Waals surface area contributed by atoms with Gasteiger partial charge in [0.05, 0.1) is 0 Å². The lowest BCUT2D eigenvalue weighted by Gasteiger charge is -2.11. The molecular formula is C13H21N3. The summed E-state index contributed by atoms with van der Waals surface area (Å²) >= 11 is 0. The Kier molecular flexibility index (Phi) is 2.66. The summed E-state index contributed by atoms with van der Waals surface area (Å²) in [7, 11) is 4.01. The molecule has 2 rings (SSSR count). The van der Waals surface area contributed by atoms with Crippen LogP contribution in [0.25, 0.3) is 0 Å². The predicted octanol–water partition coefficient (Wildman–Crippen LogP) is 1.85. The van der Waals surface area contributed by atoms with Crippen molar-refractivity contribution in [2.75, 3.05) is 25.5 Å². The van der Waals surface area contributed by atoms with Gasteiger partial charge in [0.1, 0.15) is 5.82 Å². The molecule has 0 unspecified atom stereocenters. The highest BCUT2D eigenvalue weighted by molar-refractivity contribution is 5.40. The number of hydrogen-bond donors (Lipinski definition) is 1. The van der Waals surface area contributed by atoms with E-state index in [0.29, 0.717) is 17.3 Å².